The van der Waals surface area contributed by atoms with Gasteiger partial charge in [-0.25, -0.2) is 5.53 Å². The van der Waals surface area contributed by atoms with E-state index in [2.05, 4.69) is 10.4 Å². The van der Waals surface area contributed by atoms with Gasteiger partial charge >= 0.3 is 0 Å². The molecule has 1 aliphatic rings. The average Bonchev–Trinajstić information content (AvgIpc) is 2.76. The van der Waals surface area contributed by atoms with Gasteiger partial charge in [0.15, 0.2) is 0 Å². The topological polar surface area (TPSA) is 121 Å². The van der Waals surface area contributed by atoms with E-state index in [4.69, 9.17) is 16.0 Å². The maximum atomic E-state index is 13.1. The second-order valence-corrected chi connectivity index (χ2v) is 6.87. The van der Waals surface area contributed by atoms with Gasteiger partial charge in [-0.2, -0.15) is 5.11 Å². The van der Waals surface area contributed by atoms with Gasteiger partial charge in [-0.15, -0.1) is 0 Å². The predicted molar refractivity (Wildman–Crippen MR) is 114 cm³/mol. The molecule has 30 heavy (non-hydrogen) atoms. The van der Waals surface area contributed by atoms with Crippen molar-refractivity contribution in [3.63, 3.8) is 0 Å². The van der Waals surface area contributed by atoms with Gasteiger partial charge in [0.2, 0.25) is 11.8 Å². The minimum Gasteiger partial charge on any atom is -0.396 e. The maximum Gasteiger partial charge on any atom is 0.229 e. The first kappa shape index (κ1) is 21.2. The Bertz CT molecular complexity index is 986. The van der Waals surface area contributed by atoms with Gasteiger partial charge in [0, 0.05) is 37.6 Å². The lowest BCUT2D eigenvalue weighted by molar-refractivity contribution is -0.122. The first-order valence-corrected chi connectivity index (χ1v) is 9.67. The molecule has 0 atom stereocenters. The average molecular weight is 407 g/mol. The first-order chi connectivity index (χ1) is 14.6. The molecule has 0 saturated heterocycles. The molecule has 3 rings (SSSR count). The molecule has 1 aliphatic heterocycles. The van der Waals surface area contributed by atoms with Crippen LogP contribution in [0.4, 0.5) is 5.69 Å². The minimum absolute atomic E-state index is 0.136. The molecule has 2 aromatic rings. The van der Waals surface area contributed by atoms with E-state index in [1.54, 1.807) is 4.90 Å². The molecule has 2 aromatic carbocycles. The van der Waals surface area contributed by atoms with Gasteiger partial charge in [-0.05, 0) is 11.6 Å². The van der Waals surface area contributed by atoms with Crippen molar-refractivity contribution in [2.24, 2.45) is 10.8 Å². The summed E-state index contributed by atoms with van der Waals surface area (Å²) in [5, 5.41) is 6.42. The number of benzene rings is 2. The van der Waals surface area contributed by atoms with Gasteiger partial charge < -0.3 is 20.7 Å². The standard InChI is InChI=1S/C22H25N5O3/c1-30-13-11-19(28)25-12-10-20(29)27-14-15-6-2-3-7-16(15)22(26-24)21(23)17-8-4-5-9-18(17)27/h2-9,24H,10-14,23H2,1H3,(H,25,28)/b22-21-,26-24?. The summed E-state index contributed by atoms with van der Waals surface area (Å²) in [6, 6.07) is 14.8. The van der Waals surface area contributed by atoms with Crippen LogP contribution in [0.25, 0.3) is 11.4 Å². The summed E-state index contributed by atoms with van der Waals surface area (Å²) in [4.78, 5) is 26.6. The van der Waals surface area contributed by atoms with Crippen LogP contribution in [0.1, 0.15) is 29.5 Å². The van der Waals surface area contributed by atoms with Crippen molar-refractivity contribution in [1.29, 1.82) is 5.53 Å². The van der Waals surface area contributed by atoms with E-state index in [1.807, 2.05) is 48.5 Å². The molecular weight excluding hydrogens is 382 g/mol. The Kier molecular flexibility index (Phi) is 6.92. The quantitative estimate of drug-likeness (QED) is 0.611. The smallest absolute Gasteiger partial charge is 0.229 e. The van der Waals surface area contributed by atoms with E-state index in [-0.39, 0.29) is 31.2 Å². The van der Waals surface area contributed by atoms with E-state index in [0.29, 0.717) is 35.8 Å². The fourth-order valence-electron chi connectivity index (χ4n) is 3.42. The van der Waals surface area contributed by atoms with Crippen LogP contribution >= 0.6 is 0 Å². The van der Waals surface area contributed by atoms with Crippen molar-refractivity contribution in [3.05, 3.63) is 65.2 Å². The summed E-state index contributed by atoms with van der Waals surface area (Å²) in [7, 11) is 1.54. The number of rotatable bonds is 7. The third-order valence-electron chi connectivity index (χ3n) is 4.95. The monoisotopic (exact) mass is 407 g/mol. The van der Waals surface area contributed by atoms with Crippen molar-refractivity contribution in [3.8, 4) is 0 Å². The molecule has 156 valence electrons. The Morgan fingerprint density at radius 1 is 1.13 bits per heavy atom. The van der Waals surface area contributed by atoms with Crippen LogP contribution < -0.4 is 16.0 Å². The van der Waals surface area contributed by atoms with Crippen molar-refractivity contribution in [1.82, 2.24) is 5.32 Å². The van der Waals surface area contributed by atoms with Crippen LogP contribution in [-0.2, 0) is 20.9 Å². The van der Waals surface area contributed by atoms with E-state index in [9.17, 15) is 9.59 Å². The molecule has 0 unspecified atom stereocenters. The van der Waals surface area contributed by atoms with Gasteiger partial charge in [-0.3, -0.25) is 9.59 Å². The molecule has 0 bridgehead atoms. The van der Waals surface area contributed by atoms with Gasteiger partial charge in [0.25, 0.3) is 0 Å². The van der Waals surface area contributed by atoms with Gasteiger partial charge in [0.1, 0.15) is 5.70 Å². The second kappa shape index (κ2) is 9.80. The van der Waals surface area contributed by atoms with E-state index in [0.717, 1.165) is 11.1 Å². The summed E-state index contributed by atoms with van der Waals surface area (Å²) >= 11 is 0. The van der Waals surface area contributed by atoms with Crippen molar-refractivity contribution >= 4 is 28.9 Å². The lowest BCUT2D eigenvalue weighted by Gasteiger charge is -2.29. The summed E-state index contributed by atoms with van der Waals surface area (Å²) in [6.45, 7) is 0.890. The highest BCUT2D eigenvalue weighted by atomic mass is 16.5. The SMILES string of the molecule is COCCC(=O)NCCC(=O)N1Cc2ccccc2/C(N=N)=C(/N)c2ccccc21. The first-order valence-electron chi connectivity index (χ1n) is 9.67. The van der Waals surface area contributed by atoms with E-state index >= 15 is 0 Å². The minimum atomic E-state index is -0.156. The largest absolute Gasteiger partial charge is 0.396 e. The van der Waals surface area contributed by atoms with Crippen LogP contribution in [0.2, 0.25) is 0 Å². The van der Waals surface area contributed by atoms with Crippen molar-refractivity contribution in [2.45, 2.75) is 19.4 Å². The van der Waals surface area contributed by atoms with Crippen molar-refractivity contribution < 1.29 is 14.3 Å². The fraction of sp³-hybridized carbons (Fsp3) is 0.273. The predicted octanol–water partition coefficient (Wildman–Crippen LogP) is 2.89. The third-order valence-corrected chi connectivity index (χ3v) is 4.95. The van der Waals surface area contributed by atoms with E-state index in [1.165, 1.54) is 7.11 Å². The summed E-state index contributed by atoms with van der Waals surface area (Å²) < 4.78 is 4.89. The third kappa shape index (κ3) is 4.55. The zero-order valence-corrected chi connectivity index (χ0v) is 16.9. The number of fused-ring (bicyclic) bond motifs is 2. The molecule has 0 saturated carbocycles. The normalized spacial score (nSPS) is 15.4. The molecule has 0 aliphatic carbocycles. The Balaban J connectivity index is 1.91. The maximum absolute atomic E-state index is 13.1. The van der Waals surface area contributed by atoms with E-state index < -0.39 is 0 Å². The van der Waals surface area contributed by atoms with Crippen molar-refractivity contribution in [2.75, 3.05) is 25.2 Å². The molecule has 0 spiro atoms. The number of amides is 2. The Hall–Kier alpha value is -3.52. The Labute approximate surface area is 175 Å². The summed E-state index contributed by atoms with van der Waals surface area (Å²) in [5.74, 6) is -0.291. The molecule has 0 aromatic heterocycles. The number of nitrogens with zero attached hydrogens (tertiary/aromatic N) is 2. The number of hydrogen-bond acceptors (Lipinski definition) is 6. The number of para-hydroxylation sites is 1. The van der Waals surface area contributed by atoms with Crippen LogP contribution in [0, 0.1) is 5.53 Å². The number of carbonyl (C=O) groups is 2. The molecule has 8 heteroatoms. The highest BCUT2D eigenvalue weighted by Crippen LogP contribution is 2.36. The summed E-state index contributed by atoms with van der Waals surface area (Å²) in [5.41, 5.74) is 17.6. The zero-order chi connectivity index (χ0) is 21.5. The number of nitrogens with two attached hydrogens (primary N) is 1. The fourth-order valence-corrected chi connectivity index (χ4v) is 3.42. The lowest BCUT2D eigenvalue weighted by atomic mass is 9.96. The molecule has 2 amide bonds. The zero-order valence-electron chi connectivity index (χ0n) is 16.9. The molecule has 4 N–H and O–H groups in total. The highest BCUT2D eigenvalue weighted by Gasteiger charge is 2.25. The lowest BCUT2D eigenvalue weighted by Crippen LogP contribution is -2.35. The molecule has 0 fully saturated rings. The number of nitrogens with one attached hydrogen (secondary N) is 2. The second-order valence-electron chi connectivity index (χ2n) is 6.87. The summed E-state index contributed by atoms with van der Waals surface area (Å²) in [6.07, 6.45) is 0.403. The molecular formula is C22H25N5O3. The van der Waals surface area contributed by atoms with Crippen LogP contribution in [-0.4, -0.2) is 32.1 Å². The number of ether oxygens (including phenoxy) is 1. The Morgan fingerprint density at radius 2 is 1.83 bits per heavy atom. The molecule has 0 radical (unpaired) electrons. The highest BCUT2D eigenvalue weighted by molar-refractivity contribution is 6.01. The number of carbonyl (C=O) groups excluding carboxylic acids is 2. The van der Waals surface area contributed by atoms with Crippen LogP contribution in [0.3, 0.4) is 0 Å². The van der Waals surface area contributed by atoms with Gasteiger partial charge in [-0.1, -0.05) is 42.5 Å². The van der Waals surface area contributed by atoms with Crippen LogP contribution in [0.15, 0.2) is 53.6 Å². The number of anilines is 1. The number of methoxy groups -OCH3 is 1. The molecule has 1 heterocycles. The Morgan fingerprint density at radius 3 is 2.57 bits per heavy atom. The van der Waals surface area contributed by atoms with Crippen LogP contribution in [0.5, 0.6) is 0 Å². The number of hydrogen-bond donors (Lipinski definition) is 3. The van der Waals surface area contributed by atoms with Gasteiger partial charge in [0.05, 0.1) is 24.5 Å². The molecule has 8 nitrogen and oxygen atoms in total.